The predicted molar refractivity (Wildman–Crippen MR) is 272 cm³/mol. The molecule has 0 spiro atoms. The predicted octanol–water partition coefficient (Wildman–Crippen LogP) is 5.64. The third-order valence-corrected chi connectivity index (χ3v) is 15.5. The first-order valence-electron chi connectivity index (χ1n) is 23.9. The van der Waals surface area contributed by atoms with Crippen molar-refractivity contribution in [3.63, 3.8) is 0 Å². The molecule has 0 saturated heterocycles. The first kappa shape index (κ1) is 65.0. The number of carbonyl (C=O) groups excluding carboxylic acids is 3. The summed E-state index contributed by atoms with van der Waals surface area (Å²) >= 11 is 0. The molecule has 5 N–H and O–H groups in total. The maximum atomic E-state index is 13.9. The van der Waals surface area contributed by atoms with E-state index in [1.54, 1.807) is 27.8 Å². The smallest absolute Gasteiger partial charge is 0.505 e. The summed E-state index contributed by atoms with van der Waals surface area (Å²) in [5, 5.41) is 23.6. The van der Waals surface area contributed by atoms with Gasteiger partial charge < -0.3 is 15.7 Å². The van der Waals surface area contributed by atoms with Crippen LogP contribution in [0.5, 0.6) is 5.75 Å². The summed E-state index contributed by atoms with van der Waals surface area (Å²) in [4.78, 5) is 37.9. The summed E-state index contributed by atoms with van der Waals surface area (Å²) in [6.45, 7) is 8.65. The maximum absolute atomic E-state index is 13.9. The number of sulfonamides is 1. The Bertz CT molecular complexity index is 2820. The molecule has 0 aliphatic heterocycles. The van der Waals surface area contributed by atoms with Crippen molar-refractivity contribution in [1.29, 1.82) is 0 Å². The third-order valence-electron chi connectivity index (χ3n) is 11.9. The van der Waals surface area contributed by atoms with Crippen molar-refractivity contribution >= 4 is 81.4 Å². The summed E-state index contributed by atoms with van der Waals surface area (Å²) in [5.41, 5.74) is -1.59. The molecule has 4 aromatic rings. The Kier molecular flexibility index (Phi) is 26.9. The van der Waals surface area contributed by atoms with Gasteiger partial charge >= 0.3 is 59.1 Å². The molecule has 4 aromatic carbocycles. The van der Waals surface area contributed by atoms with Crippen molar-refractivity contribution in [1.82, 2.24) is 4.31 Å². The Morgan fingerprint density at radius 3 is 1.61 bits per heavy atom. The Morgan fingerprint density at radius 1 is 0.653 bits per heavy atom. The summed E-state index contributed by atoms with van der Waals surface area (Å²) in [6, 6.07) is 13.7. The molecule has 0 saturated carbocycles. The second-order valence-corrected chi connectivity index (χ2v) is 23.6. The fraction of sp³-hybridized carbons (Fsp3) is 0.500. The van der Waals surface area contributed by atoms with Gasteiger partial charge in [-0.25, -0.2) is 12.7 Å². The van der Waals surface area contributed by atoms with E-state index in [-0.39, 0.29) is 97.4 Å². The molecule has 17 nitrogen and oxygen atoms in total. The van der Waals surface area contributed by atoms with Crippen molar-refractivity contribution in [2.75, 3.05) is 24.2 Å². The Hall–Kier alpha value is -3.12. The normalized spacial score (nSPS) is 12.6. The molecule has 0 fully saturated rings. The van der Waals surface area contributed by atoms with Gasteiger partial charge in [-0.2, -0.15) is 21.9 Å². The molecule has 1 unspecified atom stereocenters. The van der Waals surface area contributed by atoms with E-state index in [1.165, 1.54) is 130 Å². The van der Waals surface area contributed by atoms with Crippen LogP contribution in [0.15, 0.2) is 91.6 Å². The van der Waals surface area contributed by atoms with Crippen LogP contribution in [0.2, 0.25) is 0 Å². The maximum Gasteiger partial charge on any atom is 1.00 e. The number of Topliss-reactive ketones (excluding diaryl/α,β-unsaturated/α-hetero) is 1. The SMILES string of the molecule is CCCCCCCCCCCCCCCCCCN(C)S(=O)(=O)c1ccc(NC(=O)C(C(=O)C(C)(C)C)c2ccc(N=Nc3c(S(=O)(=O)O)cc4cc(S(=O)(=O)O)cc(NC(C)=O)c4c3O)cc2)cc1.[Na+].[Na+]. The van der Waals surface area contributed by atoms with Crippen molar-refractivity contribution in [3.8, 4) is 5.75 Å². The van der Waals surface area contributed by atoms with Gasteiger partial charge in [-0.3, -0.25) is 23.5 Å². The molecular formula is C50H69N5Na2O12S3+2. The number of benzene rings is 4. The van der Waals surface area contributed by atoms with Crippen LogP contribution < -0.4 is 69.7 Å². The first-order chi connectivity index (χ1) is 32.9. The second kappa shape index (κ2) is 29.8. The van der Waals surface area contributed by atoms with Crippen molar-refractivity contribution in [2.24, 2.45) is 15.6 Å². The number of aromatic hydroxyl groups is 1. The van der Waals surface area contributed by atoms with Crippen molar-refractivity contribution < 1.29 is 113 Å². The van der Waals surface area contributed by atoms with Crippen LogP contribution >= 0.6 is 0 Å². The summed E-state index contributed by atoms with van der Waals surface area (Å²) < 4.78 is 96.7. The van der Waals surface area contributed by atoms with Gasteiger partial charge in [-0.05, 0) is 72.0 Å². The zero-order valence-corrected chi connectivity index (χ0v) is 49.5. The number of nitrogens with one attached hydrogen (secondary N) is 2. The molecule has 22 heteroatoms. The summed E-state index contributed by atoms with van der Waals surface area (Å²) in [7, 11) is -12.3. The minimum Gasteiger partial charge on any atom is -0.505 e. The number of ketones is 1. The third kappa shape index (κ3) is 19.5. The van der Waals surface area contributed by atoms with Gasteiger partial charge in [-0.15, -0.1) is 5.11 Å². The zero-order valence-electron chi connectivity index (χ0n) is 43.0. The number of amides is 2. The number of hydrogen-bond donors (Lipinski definition) is 5. The summed E-state index contributed by atoms with van der Waals surface area (Å²) in [5.74, 6) is -4.13. The van der Waals surface area contributed by atoms with E-state index in [9.17, 15) is 53.8 Å². The topological polar surface area (TPSA) is 266 Å². The monoisotopic (exact) mass is 1070 g/mol. The molecule has 0 bridgehead atoms. The van der Waals surface area contributed by atoms with E-state index in [0.29, 0.717) is 6.54 Å². The minimum atomic E-state index is -5.17. The van der Waals surface area contributed by atoms with Crippen LogP contribution in [0.1, 0.15) is 149 Å². The zero-order chi connectivity index (χ0) is 51.9. The van der Waals surface area contributed by atoms with Crippen LogP contribution in [-0.2, 0) is 44.6 Å². The van der Waals surface area contributed by atoms with Crippen LogP contribution in [0, 0.1) is 5.41 Å². The fourth-order valence-corrected chi connectivity index (χ4v) is 10.4. The second-order valence-electron chi connectivity index (χ2n) is 18.8. The largest absolute Gasteiger partial charge is 1.00 e. The van der Waals surface area contributed by atoms with E-state index in [0.717, 1.165) is 50.8 Å². The number of anilines is 2. The number of azo groups is 1. The van der Waals surface area contributed by atoms with Gasteiger partial charge in [0.1, 0.15) is 16.5 Å². The molecule has 72 heavy (non-hydrogen) atoms. The van der Waals surface area contributed by atoms with E-state index in [4.69, 9.17) is 0 Å². The molecule has 0 aliphatic rings. The minimum absolute atomic E-state index is 0. The van der Waals surface area contributed by atoms with Gasteiger partial charge in [0.2, 0.25) is 21.8 Å². The van der Waals surface area contributed by atoms with E-state index in [1.807, 2.05) is 0 Å². The number of phenols is 1. The number of carbonyl (C=O) groups is 3. The first-order valence-corrected chi connectivity index (χ1v) is 28.2. The van der Waals surface area contributed by atoms with E-state index >= 15 is 0 Å². The van der Waals surface area contributed by atoms with E-state index in [2.05, 4.69) is 27.8 Å². The Morgan fingerprint density at radius 2 is 1.15 bits per heavy atom. The van der Waals surface area contributed by atoms with Gasteiger partial charge in [0.05, 0.1) is 21.2 Å². The van der Waals surface area contributed by atoms with Crippen LogP contribution in [-0.4, -0.2) is 75.0 Å². The number of hydrogen-bond acceptors (Lipinski definition) is 12. The molecular weight excluding hydrogens is 1000 g/mol. The van der Waals surface area contributed by atoms with Crippen molar-refractivity contribution in [3.05, 3.63) is 72.3 Å². The standard InChI is InChI=1S/C50H69N5O12S3.2Na/c1-7-8-9-10-11-12-13-14-15-16-17-18-19-20-21-22-31-55(6)68(60,61)40-29-27-38(28-30-40)52-49(59)45(48(58)50(3,4)5)36-23-25-39(26-24-36)53-54-46-43(70(65,66)67)33-37-32-41(69(62,63)64)34-42(51-35(2)56)44(37)47(46)57;;/h23-30,32-34,45,57H,7-22,31H2,1-6H3,(H,51,56)(H,52,59)(H,62,63,64)(H,65,66,67);;/q;2*+1. The van der Waals surface area contributed by atoms with Gasteiger partial charge in [0.25, 0.3) is 20.2 Å². The number of rotatable bonds is 28. The molecule has 4 rings (SSSR count). The van der Waals surface area contributed by atoms with Gasteiger partial charge in [0.15, 0.2) is 11.5 Å². The molecule has 0 aliphatic carbocycles. The van der Waals surface area contributed by atoms with Gasteiger partial charge in [-0.1, -0.05) is 136 Å². The molecule has 0 heterocycles. The van der Waals surface area contributed by atoms with E-state index < -0.39 is 80.4 Å². The number of nitrogens with zero attached hydrogens (tertiary/aromatic N) is 3. The fourth-order valence-electron chi connectivity index (χ4n) is 7.99. The molecule has 0 aromatic heterocycles. The average Bonchev–Trinajstić information content (AvgIpc) is 3.27. The number of unbranched alkanes of at least 4 members (excludes halogenated alkanes) is 15. The average molecular weight is 1070 g/mol. The molecule has 0 radical (unpaired) electrons. The quantitative estimate of drug-likeness (QED) is 0.0152. The van der Waals surface area contributed by atoms with Crippen molar-refractivity contribution in [2.45, 2.75) is 158 Å². The van der Waals surface area contributed by atoms with Crippen LogP contribution in [0.25, 0.3) is 10.8 Å². The molecule has 384 valence electrons. The number of phenolic OH excluding ortho intramolecular Hbond substituents is 1. The Labute approximate surface area is 470 Å². The Balaban J connectivity index is 0.00000888. The van der Waals surface area contributed by atoms with Crippen LogP contribution in [0.3, 0.4) is 0 Å². The molecule has 1 atom stereocenters. The van der Waals surface area contributed by atoms with Crippen LogP contribution in [0.4, 0.5) is 22.7 Å². The molecule has 2 amide bonds. The van der Waals surface area contributed by atoms with Gasteiger partial charge in [0, 0.05) is 37.0 Å². The number of fused-ring (bicyclic) bond motifs is 1. The summed E-state index contributed by atoms with van der Waals surface area (Å²) in [6.07, 6.45) is 19.6.